The van der Waals surface area contributed by atoms with Crippen molar-refractivity contribution >= 4 is 22.8 Å². The molecule has 130 valence electrons. The van der Waals surface area contributed by atoms with Crippen molar-refractivity contribution < 1.29 is 0 Å². The number of aromatic nitrogens is 4. The van der Waals surface area contributed by atoms with Crippen LogP contribution in [0.4, 0.5) is 11.6 Å². The molecule has 3 heterocycles. The standard InChI is InChI=1S/C18H21N5O2/c1-11-9-22(13-8-6-5-7-12(13)2)17-19-15-14(23(17)10-11)16(24)21(4)18(25)20(15)3/h5-8,11H,9-10H2,1-4H3. The normalized spacial score (nSPS) is 17.1. The van der Waals surface area contributed by atoms with Crippen molar-refractivity contribution in [1.82, 2.24) is 18.7 Å². The van der Waals surface area contributed by atoms with E-state index in [2.05, 4.69) is 35.9 Å². The maximum atomic E-state index is 12.7. The summed E-state index contributed by atoms with van der Waals surface area (Å²) >= 11 is 0. The van der Waals surface area contributed by atoms with Crippen molar-refractivity contribution in [1.29, 1.82) is 0 Å². The van der Waals surface area contributed by atoms with Crippen LogP contribution < -0.4 is 16.1 Å². The first-order valence-corrected chi connectivity index (χ1v) is 8.39. The molecule has 2 aromatic heterocycles. The molecule has 1 aliphatic heterocycles. The Morgan fingerprint density at radius 1 is 1.08 bits per heavy atom. The van der Waals surface area contributed by atoms with Gasteiger partial charge in [-0.15, -0.1) is 0 Å². The minimum atomic E-state index is -0.358. The molecule has 3 aromatic rings. The van der Waals surface area contributed by atoms with Gasteiger partial charge in [-0.3, -0.25) is 13.9 Å². The van der Waals surface area contributed by atoms with Gasteiger partial charge in [0.15, 0.2) is 11.2 Å². The number of nitrogens with zero attached hydrogens (tertiary/aromatic N) is 5. The lowest BCUT2D eigenvalue weighted by molar-refractivity contribution is 0.458. The van der Waals surface area contributed by atoms with Gasteiger partial charge in [0.1, 0.15) is 0 Å². The molecular weight excluding hydrogens is 318 g/mol. The maximum Gasteiger partial charge on any atom is 0.332 e. The van der Waals surface area contributed by atoms with Crippen LogP contribution in [0.15, 0.2) is 33.9 Å². The van der Waals surface area contributed by atoms with Crippen molar-refractivity contribution in [2.75, 3.05) is 11.4 Å². The zero-order valence-electron chi connectivity index (χ0n) is 14.9. The molecule has 4 rings (SSSR count). The van der Waals surface area contributed by atoms with Gasteiger partial charge in [0.05, 0.1) is 0 Å². The summed E-state index contributed by atoms with van der Waals surface area (Å²) in [6.45, 7) is 5.76. The van der Waals surface area contributed by atoms with E-state index in [1.165, 1.54) is 11.6 Å². The third-order valence-corrected chi connectivity index (χ3v) is 4.96. The molecule has 1 aromatic carbocycles. The van der Waals surface area contributed by atoms with Gasteiger partial charge in [-0.1, -0.05) is 25.1 Å². The van der Waals surface area contributed by atoms with Gasteiger partial charge < -0.3 is 9.47 Å². The molecule has 0 fully saturated rings. The fourth-order valence-electron chi connectivity index (χ4n) is 3.65. The van der Waals surface area contributed by atoms with Crippen LogP contribution in [0.1, 0.15) is 12.5 Å². The summed E-state index contributed by atoms with van der Waals surface area (Å²) in [5.41, 5.74) is 2.50. The predicted molar refractivity (Wildman–Crippen MR) is 97.6 cm³/mol. The van der Waals surface area contributed by atoms with Crippen LogP contribution >= 0.6 is 0 Å². The Kier molecular flexibility index (Phi) is 3.35. The summed E-state index contributed by atoms with van der Waals surface area (Å²) in [7, 11) is 3.17. The van der Waals surface area contributed by atoms with E-state index in [0.717, 1.165) is 28.3 Å². The Morgan fingerprint density at radius 2 is 1.80 bits per heavy atom. The predicted octanol–water partition coefficient (Wildman–Crippen LogP) is 1.53. The molecule has 0 saturated heterocycles. The minimum absolute atomic E-state index is 0.296. The number of hydrogen-bond acceptors (Lipinski definition) is 4. The lowest BCUT2D eigenvalue weighted by atomic mass is 10.1. The van der Waals surface area contributed by atoms with Gasteiger partial charge in [-0.05, 0) is 24.5 Å². The molecular formula is C18H21N5O2. The lowest BCUT2D eigenvalue weighted by Gasteiger charge is -2.33. The zero-order chi connectivity index (χ0) is 17.9. The fourth-order valence-corrected chi connectivity index (χ4v) is 3.65. The molecule has 0 aliphatic carbocycles. The summed E-state index contributed by atoms with van der Waals surface area (Å²) in [6.07, 6.45) is 0. The highest BCUT2D eigenvalue weighted by molar-refractivity contribution is 5.77. The number of fused-ring (bicyclic) bond motifs is 3. The first kappa shape index (κ1) is 15.7. The molecule has 0 radical (unpaired) electrons. The van der Waals surface area contributed by atoms with E-state index >= 15 is 0 Å². The number of imidazole rings is 1. The van der Waals surface area contributed by atoms with Crippen LogP contribution in [-0.4, -0.2) is 25.2 Å². The van der Waals surface area contributed by atoms with Crippen LogP contribution in [0, 0.1) is 12.8 Å². The molecule has 1 unspecified atom stereocenters. The van der Waals surface area contributed by atoms with Crippen LogP contribution in [0.2, 0.25) is 0 Å². The van der Waals surface area contributed by atoms with Crippen molar-refractivity contribution in [3.63, 3.8) is 0 Å². The highest BCUT2D eigenvalue weighted by Gasteiger charge is 2.29. The van der Waals surface area contributed by atoms with E-state index in [0.29, 0.717) is 23.6 Å². The smallest absolute Gasteiger partial charge is 0.311 e. The highest BCUT2D eigenvalue weighted by Crippen LogP contribution is 2.34. The van der Waals surface area contributed by atoms with Crippen molar-refractivity contribution in [2.24, 2.45) is 20.0 Å². The molecule has 25 heavy (non-hydrogen) atoms. The number of hydrogen-bond donors (Lipinski definition) is 0. The monoisotopic (exact) mass is 339 g/mol. The molecule has 0 saturated carbocycles. The SMILES string of the molecule is Cc1ccccc1N1CC(C)Cn2c1nc1c2c(=O)n(C)c(=O)n1C. The maximum absolute atomic E-state index is 12.7. The van der Waals surface area contributed by atoms with Crippen LogP contribution in [-0.2, 0) is 20.6 Å². The number of para-hydroxylation sites is 1. The highest BCUT2D eigenvalue weighted by atomic mass is 16.2. The Balaban J connectivity index is 2.07. The first-order chi connectivity index (χ1) is 11.9. The molecule has 7 heteroatoms. The van der Waals surface area contributed by atoms with Gasteiger partial charge in [-0.25, -0.2) is 4.79 Å². The average molecular weight is 339 g/mol. The summed E-state index contributed by atoms with van der Waals surface area (Å²) in [5.74, 6) is 1.08. The van der Waals surface area contributed by atoms with E-state index in [1.807, 2.05) is 16.7 Å². The van der Waals surface area contributed by atoms with Crippen molar-refractivity contribution in [3.05, 3.63) is 50.7 Å². The average Bonchev–Trinajstić information content (AvgIpc) is 2.97. The Morgan fingerprint density at radius 3 is 2.52 bits per heavy atom. The number of aryl methyl sites for hydroxylation is 2. The summed E-state index contributed by atoms with van der Waals surface area (Å²) < 4.78 is 4.55. The summed E-state index contributed by atoms with van der Waals surface area (Å²) in [5, 5.41) is 0. The second-order valence-corrected chi connectivity index (χ2v) is 6.90. The molecule has 1 atom stereocenters. The van der Waals surface area contributed by atoms with Gasteiger partial charge >= 0.3 is 5.69 Å². The van der Waals surface area contributed by atoms with E-state index < -0.39 is 0 Å². The zero-order valence-corrected chi connectivity index (χ0v) is 14.9. The summed E-state index contributed by atoms with van der Waals surface area (Å²) in [4.78, 5) is 31.8. The molecule has 7 nitrogen and oxygen atoms in total. The lowest BCUT2D eigenvalue weighted by Crippen LogP contribution is -2.38. The van der Waals surface area contributed by atoms with Crippen molar-refractivity contribution in [3.8, 4) is 0 Å². The second kappa shape index (κ2) is 5.34. The minimum Gasteiger partial charge on any atom is -0.311 e. The Hall–Kier alpha value is -2.83. The van der Waals surface area contributed by atoms with Crippen LogP contribution in [0.25, 0.3) is 11.2 Å². The number of anilines is 2. The summed E-state index contributed by atoms with van der Waals surface area (Å²) in [6, 6.07) is 8.14. The first-order valence-electron chi connectivity index (χ1n) is 8.39. The van der Waals surface area contributed by atoms with Gasteiger partial charge in [0.25, 0.3) is 5.56 Å². The molecule has 1 aliphatic rings. The Labute approximate surface area is 144 Å². The van der Waals surface area contributed by atoms with Gasteiger partial charge in [0.2, 0.25) is 5.95 Å². The van der Waals surface area contributed by atoms with E-state index in [4.69, 9.17) is 0 Å². The molecule has 0 N–H and O–H groups in total. The quantitative estimate of drug-likeness (QED) is 0.674. The van der Waals surface area contributed by atoms with Gasteiger partial charge in [0, 0.05) is 32.9 Å². The molecule has 0 bridgehead atoms. The number of benzene rings is 1. The third-order valence-electron chi connectivity index (χ3n) is 4.96. The van der Waals surface area contributed by atoms with Gasteiger partial charge in [-0.2, -0.15) is 4.98 Å². The van der Waals surface area contributed by atoms with E-state index in [9.17, 15) is 9.59 Å². The van der Waals surface area contributed by atoms with Crippen LogP contribution in [0.3, 0.4) is 0 Å². The van der Waals surface area contributed by atoms with Crippen LogP contribution in [0.5, 0.6) is 0 Å². The van der Waals surface area contributed by atoms with Crippen molar-refractivity contribution in [2.45, 2.75) is 20.4 Å². The van der Waals surface area contributed by atoms with E-state index in [-0.39, 0.29) is 11.2 Å². The topological polar surface area (TPSA) is 65.1 Å². The third kappa shape index (κ3) is 2.15. The Bertz CT molecular complexity index is 1110. The largest absolute Gasteiger partial charge is 0.332 e. The molecule has 0 amide bonds. The fraction of sp³-hybridized carbons (Fsp3) is 0.389. The second-order valence-electron chi connectivity index (χ2n) is 6.90. The number of rotatable bonds is 1. The van der Waals surface area contributed by atoms with E-state index in [1.54, 1.807) is 7.05 Å². The molecule has 0 spiro atoms.